The maximum atomic E-state index is 13.8. The number of imide groups is 1. The Morgan fingerprint density at radius 1 is 1.09 bits per heavy atom. The fraction of sp³-hybridized carbons (Fsp3) is 0.423. The number of hydrogen-bond donors (Lipinski definition) is 1. The second-order valence-corrected chi connectivity index (χ2v) is 9.92. The van der Waals surface area contributed by atoms with Gasteiger partial charge in [0.15, 0.2) is 11.5 Å². The van der Waals surface area contributed by atoms with Gasteiger partial charge in [0.25, 0.3) is 0 Å². The van der Waals surface area contributed by atoms with Gasteiger partial charge in [-0.25, -0.2) is 0 Å². The van der Waals surface area contributed by atoms with Crippen LogP contribution in [-0.4, -0.2) is 35.5 Å². The average molecular weight is 449 g/mol. The number of nitrogens with zero attached hydrogens (tertiary/aromatic N) is 1. The van der Waals surface area contributed by atoms with Crippen LogP contribution in [0.3, 0.4) is 0 Å². The van der Waals surface area contributed by atoms with E-state index in [1.54, 1.807) is 18.2 Å². The molecule has 1 aliphatic carbocycles. The number of benzene rings is 2. The first-order chi connectivity index (χ1) is 15.7. The van der Waals surface area contributed by atoms with Gasteiger partial charge in [-0.05, 0) is 36.0 Å². The zero-order chi connectivity index (χ0) is 23.4. The van der Waals surface area contributed by atoms with E-state index < -0.39 is 22.8 Å². The molecule has 7 heteroatoms. The second-order valence-electron chi connectivity index (χ2n) is 9.92. The van der Waals surface area contributed by atoms with Crippen LogP contribution in [0.15, 0.2) is 48.5 Å². The lowest BCUT2D eigenvalue weighted by Crippen LogP contribution is -2.64. The average Bonchev–Trinajstić information content (AvgIpc) is 3.32. The molecule has 3 unspecified atom stereocenters. The largest absolute Gasteiger partial charge is 0.454 e. The maximum Gasteiger partial charge on any atom is 0.248 e. The van der Waals surface area contributed by atoms with Crippen LogP contribution in [0.5, 0.6) is 11.5 Å². The Kier molecular flexibility index (Phi) is 4.96. The van der Waals surface area contributed by atoms with E-state index >= 15 is 0 Å². The lowest BCUT2D eigenvalue weighted by molar-refractivity contribution is -0.172. The number of anilines is 1. The van der Waals surface area contributed by atoms with E-state index in [9.17, 15) is 14.4 Å². The van der Waals surface area contributed by atoms with E-state index in [1.165, 1.54) is 4.90 Å². The molecule has 2 aromatic carbocycles. The number of carbonyl (C=O) groups excluding carboxylic acids is 3. The molecule has 2 aromatic rings. The molecule has 2 bridgehead atoms. The third-order valence-corrected chi connectivity index (χ3v) is 7.98. The lowest BCUT2D eigenvalue weighted by Gasteiger charge is -2.49. The molecule has 0 spiro atoms. The van der Waals surface area contributed by atoms with Crippen molar-refractivity contribution in [3.63, 3.8) is 0 Å². The van der Waals surface area contributed by atoms with Crippen molar-refractivity contribution in [2.45, 2.75) is 46.1 Å². The summed E-state index contributed by atoms with van der Waals surface area (Å²) in [5.74, 6) is -0.0273. The number of carbonyl (C=O) groups is 3. The highest BCUT2D eigenvalue weighted by Crippen LogP contribution is 2.60. The van der Waals surface area contributed by atoms with Crippen molar-refractivity contribution in [3.8, 4) is 11.5 Å². The van der Waals surface area contributed by atoms with Crippen molar-refractivity contribution < 1.29 is 23.9 Å². The van der Waals surface area contributed by atoms with Gasteiger partial charge in [-0.1, -0.05) is 51.1 Å². The molecule has 172 valence electrons. The van der Waals surface area contributed by atoms with Gasteiger partial charge < -0.3 is 14.8 Å². The minimum atomic E-state index is -0.950. The SMILES string of the molecule is CC12CCC(C(=O)N(C(Cc3ccccc3)C(=O)Nc3ccc4c(c3)OCO4)C1=O)C2(C)C. The summed E-state index contributed by atoms with van der Waals surface area (Å²) in [6, 6.07) is 13.7. The van der Waals surface area contributed by atoms with E-state index in [4.69, 9.17) is 9.47 Å². The maximum absolute atomic E-state index is 13.8. The molecule has 33 heavy (non-hydrogen) atoms. The number of likely N-dealkylation sites (tertiary alicyclic amines) is 1. The monoisotopic (exact) mass is 448 g/mol. The highest BCUT2D eigenvalue weighted by molar-refractivity contribution is 6.09. The highest BCUT2D eigenvalue weighted by atomic mass is 16.7. The van der Waals surface area contributed by atoms with Crippen molar-refractivity contribution in [2.75, 3.05) is 12.1 Å². The first-order valence-electron chi connectivity index (χ1n) is 11.3. The van der Waals surface area contributed by atoms with E-state index in [0.29, 0.717) is 30.0 Å². The Morgan fingerprint density at radius 2 is 1.82 bits per heavy atom. The molecule has 5 rings (SSSR count). The summed E-state index contributed by atoms with van der Waals surface area (Å²) in [5, 5.41) is 2.89. The number of hydrogen-bond acceptors (Lipinski definition) is 5. The third-order valence-electron chi connectivity index (χ3n) is 7.98. The molecular weight excluding hydrogens is 420 g/mol. The number of piperidine rings is 1. The fourth-order valence-electron chi connectivity index (χ4n) is 5.48. The molecule has 7 nitrogen and oxygen atoms in total. The predicted octanol–water partition coefficient (Wildman–Crippen LogP) is 3.78. The summed E-state index contributed by atoms with van der Waals surface area (Å²) in [6.07, 6.45) is 1.55. The lowest BCUT2D eigenvalue weighted by atomic mass is 9.62. The molecule has 1 saturated carbocycles. The van der Waals surface area contributed by atoms with Gasteiger partial charge in [0.2, 0.25) is 24.5 Å². The van der Waals surface area contributed by atoms with E-state index in [-0.39, 0.29) is 30.9 Å². The Hall–Kier alpha value is -3.35. The van der Waals surface area contributed by atoms with Crippen LogP contribution in [-0.2, 0) is 20.8 Å². The Labute approximate surface area is 193 Å². The molecule has 2 heterocycles. The standard InChI is InChI=1S/C26H28N2O5/c1-25(2)18-11-12-26(25,3)24(31)28(23(18)30)19(13-16-7-5-4-6-8-16)22(29)27-17-9-10-20-21(14-17)33-15-32-20/h4-10,14,18-19H,11-13,15H2,1-3H3,(H,27,29). The van der Waals surface area contributed by atoms with Crippen molar-refractivity contribution in [3.05, 3.63) is 54.1 Å². The van der Waals surface area contributed by atoms with Gasteiger partial charge in [-0.3, -0.25) is 19.3 Å². The molecule has 1 saturated heterocycles. The van der Waals surface area contributed by atoms with Crippen molar-refractivity contribution in [2.24, 2.45) is 16.7 Å². The van der Waals surface area contributed by atoms with Gasteiger partial charge in [0.05, 0.1) is 5.41 Å². The molecule has 1 N–H and O–H groups in total. The predicted molar refractivity (Wildman–Crippen MR) is 122 cm³/mol. The first-order valence-corrected chi connectivity index (χ1v) is 11.3. The third kappa shape index (κ3) is 3.29. The fourth-order valence-corrected chi connectivity index (χ4v) is 5.48. The van der Waals surface area contributed by atoms with E-state index in [1.807, 2.05) is 51.1 Å². The van der Waals surface area contributed by atoms with Crippen LogP contribution in [0.4, 0.5) is 5.69 Å². The summed E-state index contributed by atoms with van der Waals surface area (Å²) in [5.41, 5.74) is 0.280. The first kappa shape index (κ1) is 21.5. The van der Waals surface area contributed by atoms with Gasteiger partial charge in [-0.15, -0.1) is 0 Å². The van der Waals surface area contributed by atoms with E-state index in [0.717, 1.165) is 5.56 Å². The molecular formula is C26H28N2O5. The molecule has 2 fully saturated rings. The number of amides is 3. The van der Waals surface area contributed by atoms with Crippen LogP contribution in [0.25, 0.3) is 0 Å². The molecule has 2 aliphatic heterocycles. The Bertz CT molecular complexity index is 1130. The molecule has 3 aliphatic rings. The second kappa shape index (κ2) is 7.61. The van der Waals surface area contributed by atoms with Gasteiger partial charge >= 0.3 is 0 Å². The van der Waals surface area contributed by atoms with Crippen LogP contribution < -0.4 is 14.8 Å². The number of ether oxygens (including phenoxy) is 2. The summed E-state index contributed by atoms with van der Waals surface area (Å²) < 4.78 is 10.7. The smallest absolute Gasteiger partial charge is 0.248 e. The number of nitrogens with one attached hydrogen (secondary N) is 1. The topological polar surface area (TPSA) is 84.9 Å². The number of rotatable bonds is 5. The number of fused-ring (bicyclic) bond motifs is 3. The Balaban J connectivity index is 1.49. The van der Waals surface area contributed by atoms with Crippen molar-refractivity contribution >= 4 is 23.4 Å². The summed E-state index contributed by atoms with van der Waals surface area (Å²) >= 11 is 0. The van der Waals surface area contributed by atoms with Crippen molar-refractivity contribution in [1.29, 1.82) is 0 Å². The highest BCUT2D eigenvalue weighted by Gasteiger charge is 2.65. The summed E-state index contributed by atoms with van der Waals surface area (Å²) in [6.45, 7) is 6.06. The van der Waals surface area contributed by atoms with Crippen LogP contribution in [0.1, 0.15) is 39.2 Å². The molecule has 3 amide bonds. The molecule has 0 radical (unpaired) electrons. The van der Waals surface area contributed by atoms with Gasteiger partial charge in [-0.2, -0.15) is 0 Å². The van der Waals surface area contributed by atoms with Crippen LogP contribution >= 0.6 is 0 Å². The summed E-state index contributed by atoms with van der Waals surface area (Å²) in [7, 11) is 0. The zero-order valence-electron chi connectivity index (χ0n) is 19.1. The van der Waals surface area contributed by atoms with Gasteiger partial charge in [0.1, 0.15) is 6.04 Å². The van der Waals surface area contributed by atoms with Crippen LogP contribution in [0, 0.1) is 16.7 Å². The minimum Gasteiger partial charge on any atom is -0.454 e. The zero-order valence-corrected chi connectivity index (χ0v) is 19.1. The van der Waals surface area contributed by atoms with E-state index in [2.05, 4.69) is 5.32 Å². The quantitative estimate of drug-likeness (QED) is 0.704. The summed E-state index contributed by atoms with van der Waals surface area (Å²) in [4.78, 5) is 42.2. The normalized spacial score (nSPS) is 25.8. The van der Waals surface area contributed by atoms with Crippen molar-refractivity contribution in [1.82, 2.24) is 4.90 Å². The van der Waals surface area contributed by atoms with Crippen LogP contribution in [0.2, 0.25) is 0 Å². The molecule has 0 aromatic heterocycles. The Morgan fingerprint density at radius 3 is 2.58 bits per heavy atom. The molecule has 3 atom stereocenters. The minimum absolute atomic E-state index is 0.135. The van der Waals surface area contributed by atoms with Gasteiger partial charge in [0, 0.05) is 24.1 Å².